The van der Waals surface area contributed by atoms with Gasteiger partial charge in [0.25, 0.3) is 0 Å². The molecule has 2 nitrogen and oxygen atoms in total. The van der Waals surface area contributed by atoms with Gasteiger partial charge in [0, 0.05) is 6.54 Å². The molecule has 3 atom stereocenters. The molecule has 2 heterocycles. The zero-order valence-electron chi connectivity index (χ0n) is 5.42. The number of hydrogen-bond acceptors (Lipinski definition) is 2. The maximum absolute atomic E-state index is 10.4. The third kappa shape index (κ3) is 0.697. The molecule has 50 valence electrons. The van der Waals surface area contributed by atoms with Crippen LogP contribution in [0.25, 0.3) is 0 Å². The molecule has 0 saturated carbocycles. The summed E-state index contributed by atoms with van der Waals surface area (Å²) in [6.45, 7) is 2.34. The monoisotopic (exact) mass is 125 g/mol. The summed E-state index contributed by atoms with van der Waals surface area (Å²) in [5.41, 5.74) is 0. The van der Waals surface area contributed by atoms with Crippen LogP contribution in [0.15, 0.2) is 0 Å². The number of rotatable bonds is 1. The minimum absolute atomic E-state index is 0.281. The first-order valence-electron chi connectivity index (χ1n) is 3.59. The van der Waals surface area contributed by atoms with Crippen LogP contribution in [0.2, 0.25) is 0 Å². The minimum Gasteiger partial charge on any atom is -0.302 e. The van der Waals surface area contributed by atoms with Crippen molar-refractivity contribution in [2.45, 2.75) is 18.9 Å². The van der Waals surface area contributed by atoms with Crippen molar-refractivity contribution in [2.75, 3.05) is 13.1 Å². The van der Waals surface area contributed by atoms with Gasteiger partial charge in [-0.25, -0.2) is 0 Å². The normalized spacial score (nSPS) is 47.8. The van der Waals surface area contributed by atoms with Crippen molar-refractivity contribution in [3.63, 3.8) is 0 Å². The molecule has 2 aliphatic rings. The van der Waals surface area contributed by atoms with E-state index in [4.69, 9.17) is 0 Å². The summed E-state index contributed by atoms with van der Waals surface area (Å²) in [5, 5.41) is 0. The Kier molecular flexibility index (Phi) is 1.09. The molecule has 2 rings (SSSR count). The number of hydrogen-bond donors (Lipinski definition) is 0. The van der Waals surface area contributed by atoms with E-state index in [1.807, 2.05) is 0 Å². The van der Waals surface area contributed by atoms with Crippen molar-refractivity contribution >= 4 is 6.29 Å². The summed E-state index contributed by atoms with van der Waals surface area (Å²) in [6, 6.07) is 0.281. The van der Waals surface area contributed by atoms with E-state index in [9.17, 15) is 4.79 Å². The van der Waals surface area contributed by atoms with Gasteiger partial charge in [-0.3, -0.25) is 4.90 Å². The van der Waals surface area contributed by atoms with Gasteiger partial charge in [-0.15, -0.1) is 0 Å². The molecule has 2 aliphatic heterocycles. The summed E-state index contributed by atoms with van der Waals surface area (Å²) >= 11 is 0. The average molecular weight is 125 g/mol. The Morgan fingerprint density at radius 3 is 2.78 bits per heavy atom. The zero-order chi connectivity index (χ0) is 6.27. The van der Waals surface area contributed by atoms with Crippen molar-refractivity contribution < 1.29 is 4.79 Å². The Hall–Kier alpha value is -0.370. The number of piperidine rings is 1. The molecule has 0 aromatic rings. The molecule has 2 saturated heterocycles. The Labute approximate surface area is 54.8 Å². The van der Waals surface area contributed by atoms with Crippen LogP contribution in [-0.2, 0) is 4.79 Å². The van der Waals surface area contributed by atoms with Crippen LogP contribution in [0.3, 0.4) is 0 Å². The molecular weight excluding hydrogens is 114 g/mol. The quantitative estimate of drug-likeness (QED) is 0.469. The third-order valence-corrected chi connectivity index (χ3v) is 2.52. The molecule has 2 heteroatoms. The molecule has 0 aromatic heterocycles. The van der Waals surface area contributed by atoms with Gasteiger partial charge in [0.2, 0.25) is 0 Å². The number of carbonyl (C=O) groups excluding carboxylic acids is 1. The van der Waals surface area contributed by atoms with E-state index in [1.165, 1.54) is 13.0 Å². The van der Waals surface area contributed by atoms with Crippen molar-refractivity contribution in [2.24, 2.45) is 5.92 Å². The van der Waals surface area contributed by atoms with Gasteiger partial charge in [0.05, 0.1) is 6.04 Å². The van der Waals surface area contributed by atoms with E-state index in [-0.39, 0.29) is 6.04 Å². The molecule has 0 radical (unpaired) electrons. The van der Waals surface area contributed by atoms with Crippen molar-refractivity contribution in [3.8, 4) is 0 Å². The van der Waals surface area contributed by atoms with Crippen LogP contribution < -0.4 is 0 Å². The van der Waals surface area contributed by atoms with Crippen LogP contribution >= 0.6 is 0 Å². The first-order valence-corrected chi connectivity index (χ1v) is 3.59. The molecule has 3 unspecified atom stereocenters. The van der Waals surface area contributed by atoms with Crippen LogP contribution in [-0.4, -0.2) is 30.3 Å². The highest BCUT2D eigenvalue weighted by molar-refractivity contribution is 5.58. The van der Waals surface area contributed by atoms with E-state index in [0.29, 0.717) is 0 Å². The van der Waals surface area contributed by atoms with Crippen molar-refractivity contribution in [1.82, 2.24) is 4.90 Å². The average Bonchev–Trinajstić information content (AvgIpc) is 2.45. The molecule has 0 aliphatic carbocycles. The maximum Gasteiger partial charge on any atom is 0.137 e. The Morgan fingerprint density at radius 2 is 2.44 bits per heavy atom. The first-order chi connectivity index (χ1) is 4.40. The Morgan fingerprint density at radius 1 is 1.56 bits per heavy atom. The second-order valence-corrected chi connectivity index (χ2v) is 3.09. The van der Waals surface area contributed by atoms with Crippen LogP contribution in [0.4, 0.5) is 0 Å². The predicted molar refractivity (Wildman–Crippen MR) is 34.1 cm³/mol. The fourth-order valence-electron chi connectivity index (χ4n) is 1.99. The largest absolute Gasteiger partial charge is 0.302 e. The van der Waals surface area contributed by atoms with Gasteiger partial charge in [0.15, 0.2) is 0 Å². The van der Waals surface area contributed by atoms with Gasteiger partial charge in [-0.05, 0) is 25.3 Å². The fourth-order valence-corrected chi connectivity index (χ4v) is 1.99. The lowest BCUT2D eigenvalue weighted by Crippen LogP contribution is -2.30. The molecule has 2 bridgehead atoms. The van der Waals surface area contributed by atoms with Gasteiger partial charge >= 0.3 is 0 Å². The van der Waals surface area contributed by atoms with E-state index in [2.05, 4.69) is 4.90 Å². The van der Waals surface area contributed by atoms with E-state index in [1.54, 1.807) is 0 Å². The SMILES string of the molecule is O=CC1CC2CCN1C2. The van der Waals surface area contributed by atoms with E-state index >= 15 is 0 Å². The summed E-state index contributed by atoms with van der Waals surface area (Å²) in [6.07, 6.45) is 3.55. The molecule has 9 heavy (non-hydrogen) atoms. The summed E-state index contributed by atoms with van der Waals surface area (Å²) in [5.74, 6) is 0.847. The highest BCUT2D eigenvalue weighted by atomic mass is 16.1. The molecule has 2 fully saturated rings. The van der Waals surface area contributed by atoms with Crippen LogP contribution in [0.5, 0.6) is 0 Å². The topological polar surface area (TPSA) is 20.3 Å². The lowest BCUT2D eigenvalue weighted by molar-refractivity contribution is -0.111. The van der Waals surface area contributed by atoms with Crippen molar-refractivity contribution in [1.29, 1.82) is 0 Å². The zero-order valence-corrected chi connectivity index (χ0v) is 5.42. The number of carbonyl (C=O) groups is 1. The van der Waals surface area contributed by atoms with E-state index in [0.717, 1.165) is 25.2 Å². The summed E-state index contributed by atoms with van der Waals surface area (Å²) < 4.78 is 0. The smallest absolute Gasteiger partial charge is 0.137 e. The molecule has 0 N–H and O–H groups in total. The van der Waals surface area contributed by atoms with E-state index < -0.39 is 0 Å². The van der Waals surface area contributed by atoms with Gasteiger partial charge < -0.3 is 4.79 Å². The fraction of sp³-hybridized carbons (Fsp3) is 0.857. The summed E-state index contributed by atoms with van der Waals surface area (Å²) in [7, 11) is 0. The van der Waals surface area contributed by atoms with Gasteiger partial charge in [-0.1, -0.05) is 0 Å². The lowest BCUT2D eigenvalue weighted by Gasteiger charge is -2.18. The molecule has 0 spiro atoms. The molecule has 0 amide bonds. The highest BCUT2D eigenvalue weighted by Crippen LogP contribution is 2.31. The third-order valence-electron chi connectivity index (χ3n) is 2.52. The van der Waals surface area contributed by atoms with Crippen LogP contribution in [0, 0.1) is 5.92 Å². The summed E-state index contributed by atoms with van der Waals surface area (Å²) in [4.78, 5) is 12.6. The highest BCUT2D eigenvalue weighted by Gasteiger charge is 2.36. The predicted octanol–water partition coefficient (Wildman–Crippen LogP) is 0.280. The van der Waals surface area contributed by atoms with Gasteiger partial charge in [0.1, 0.15) is 6.29 Å². The second kappa shape index (κ2) is 1.81. The lowest BCUT2D eigenvalue weighted by atomic mass is 10.0. The molecular formula is C7H11NO. The molecule has 0 aromatic carbocycles. The van der Waals surface area contributed by atoms with Crippen molar-refractivity contribution in [3.05, 3.63) is 0 Å². The maximum atomic E-state index is 10.4. The Bertz CT molecular complexity index is 135. The van der Waals surface area contributed by atoms with Crippen LogP contribution in [0.1, 0.15) is 12.8 Å². The first kappa shape index (κ1) is 5.42. The minimum atomic E-state index is 0.281. The standard InChI is InChI=1S/C7H11NO/c9-5-7-3-6-1-2-8(7)4-6/h5-7H,1-4H2. The number of fused-ring (bicyclic) bond motifs is 2. The Balaban J connectivity index is 2.09. The second-order valence-electron chi connectivity index (χ2n) is 3.09. The van der Waals surface area contributed by atoms with Gasteiger partial charge in [-0.2, -0.15) is 0 Å². The number of nitrogens with zero attached hydrogens (tertiary/aromatic N) is 1. The number of aldehydes is 1.